The van der Waals surface area contributed by atoms with Crippen LogP contribution in [0.1, 0.15) is 49.3 Å². The Kier molecular flexibility index (Phi) is 7.53. The average molecular weight is 477 g/mol. The summed E-state index contributed by atoms with van der Waals surface area (Å²) in [6.45, 7) is 4.80. The molecule has 0 aromatic heterocycles. The molecule has 1 N–H and O–H groups in total. The third-order valence-electron chi connectivity index (χ3n) is 6.13. The lowest BCUT2D eigenvalue weighted by atomic mass is 9.95. The van der Waals surface area contributed by atoms with Gasteiger partial charge in [0, 0.05) is 29.4 Å². The number of hydrogen-bond acceptors (Lipinski definition) is 3. The number of carbonyl (C=O) groups is 2. The fourth-order valence-electron chi connectivity index (χ4n) is 4.28. The normalized spacial score (nSPS) is 16.3. The standard InChI is InChI=1S/C28H29ClN2O3/c1-3-24(20-8-6-5-7-9-20)27(32)30-23-14-15-26-21(16-23)18-31(28(33)25(4-2)34-26)17-19-10-12-22(29)13-11-19/h5-16,24-25H,3-4,17-18H2,1-2H3,(H,30,32)/t24-,25+/m0/s1. The lowest BCUT2D eigenvalue weighted by Crippen LogP contribution is -2.38. The Bertz CT molecular complexity index is 1150. The van der Waals surface area contributed by atoms with Gasteiger partial charge in [0.1, 0.15) is 5.75 Å². The molecule has 176 valence electrons. The maximum absolute atomic E-state index is 13.2. The van der Waals surface area contributed by atoms with Crippen LogP contribution in [0.5, 0.6) is 5.75 Å². The third-order valence-corrected chi connectivity index (χ3v) is 6.38. The molecule has 1 aliphatic heterocycles. The predicted octanol–water partition coefficient (Wildman–Crippen LogP) is 6.17. The van der Waals surface area contributed by atoms with E-state index in [1.54, 1.807) is 4.90 Å². The highest BCUT2D eigenvalue weighted by molar-refractivity contribution is 6.30. The zero-order chi connectivity index (χ0) is 24.1. The summed E-state index contributed by atoms with van der Waals surface area (Å²) >= 11 is 6.02. The van der Waals surface area contributed by atoms with Crippen molar-refractivity contribution < 1.29 is 14.3 Å². The SMILES string of the molecule is CC[C@H](C(=O)Nc1ccc2c(c1)CN(Cc1ccc(Cl)cc1)C(=O)[C@@H](CC)O2)c1ccccc1. The minimum Gasteiger partial charge on any atom is -0.480 e. The number of anilines is 1. The van der Waals surface area contributed by atoms with Gasteiger partial charge in [0.2, 0.25) is 5.91 Å². The van der Waals surface area contributed by atoms with Crippen LogP contribution in [0.3, 0.4) is 0 Å². The van der Waals surface area contributed by atoms with Crippen LogP contribution in [-0.2, 0) is 22.7 Å². The molecule has 0 saturated heterocycles. The van der Waals surface area contributed by atoms with Crippen LogP contribution in [0.2, 0.25) is 5.02 Å². The van der Waals surface area contributed by atoms with Crippen LogP contribution in [0.4, 0.5) is 5.69 Å². The highest BCUT2D eigenvalue weighted by Gasteiger charge is 2.30. The second-order valence-electron chi connectivity index (χ2n) is 8.52. The van der Waals surface area contributed by atoms with Crippen LogP contribution < -0.4 is 10.1 Å². The van der Waals surface area contributed by atoms with Crippen molar-refractivity contribution in [2.75, 3.05) is 5.32 Å². The Hall–Kier alpha value is -3.31. The molecule has 34 heavy (non-hydrogen) atoms. The molecule has 6 heteroatoms. The van der Waals surface area contributed by atoms with E-state index in [9.17, 15) is 9.59 Å². The third kappa shape index (κ3) is 5.42. The summed E-state index contributed by atoms with van der Waals surface area (Å²) < 4.78 is 6.08. The smallest absolute Gasteiger partial charge is 0.264 e. The van der Waals surface area contributed by atoms with E-state index in [0.29, 0.717) is 42.4 Å². The summed E-state index contributed by atoms with van der Waals surface area (Å²) in [5.41, 5.74) is 3.54. The first-order valence-electron chi connectivity index (χ1n) is 11.7. The molecule has 2 amide bonds. The number of carbonyl (C=O) groups excluding carboxylic acids is 2. The van der Waals surface area contributed by atoms with Crippen molar-refractivity contribution in [2.45, 2.75) is 51.8 Å². The van der Waals surface area contributed by atoms with Crippen molar-refractivity contribution in [1.29, 1.82) is 0 Å². The van der Waals surface area contributed by atoms with E-state index in [-0.39, 0.29) is 17.7 Å². The molecular weight excluding hydrogens is 448 g/mol. The van der Waals surface area contributed by atoms with E-state index in [1.807, 2.05) is 86.6 Å². The molecule has 1 aliphatic rings. The van der Waals surface area contributed by atoms with Gasteiger partial charge in [0.15, 0.2) is 6.10 Å². The van der Waals surface area contributed by atoms with E-state index >= 15 is 0 Å². The number of nitrogens with zero attached hydrogens (tertiary/aromatic N) is 1. The van der Waals surface area contributed by atoms with Gasteiger partial charge in [-0.25, -0.2) is 0 Å². The Morgan fingerprint density at radius 3 is 2.50 bits per heavy atom. The number of rotatable bonds is 7. The van der Waals surface area contributed by atoms with Crippen molar-refractivity contribution in [3.8, 4) is 5.75 Å². The number of halogens is 1. The van der Waals surface area contributed by atoms with E-state index in [0.717, 1.165) is 16.7 Å². The van der Waals surface area contributed by atoms with E-state index in [4.69, 9.17) is 16.3 Å². The first-order chi connectivity index (χ1) is 16.5. The van der Waals surface area contributed by atoms with Gasteiger partial charge in [-0.1, -0.05) is 67.9 Å². The molecule has 2 atom stereocenters. The molecular formula is C28H29ClN2O3. The number of hydrogen-bond donors (Lipinski definition) is 1. The van der Waals surface area contributed by atoms with Gasteiger partial charge in [-0.15, -0.1) is 0 Å². The lowest BCUT2D eigenvalue weighted by molar-refractivity contribution is -0.139. The maximum atomic E-state index is 13.2. The highest BCUT2D eigenvalue weighted by Crippen LogP contribution is 2.31. The van der Waals surface area contributed by atoms with Gasteiger partial charge >= 0.3 is 0 Å². The van der Waals surface area contributed by atoms with E-state index < -0.39 is 6.10 Å². The summed E-state index contributed by atoms with van der Waals surface area (Å²) in [5, 5.41) is 3.72. The van der Waals surface area contributed by atoms with Crippen molar-refractivity contribution in [3.05, 3.63) is 94.5 Å². The Morgan fingerprint density at radius 2 is 1.82 bits per heavy atom. The fourth-order valence-corrected chi connectivity index (χ4v) is 4.40. The molecule has 5 nitrogen and oxygen atoms in total. The quantitative estimate of drug-likeness (QED) is 0.443. The average Bonchev–Trinajstić information content (AvgIpc) is 2.97. The highest BCUT2D eigenvalue weighted by atomic mass is 35.5. The second-order valence-corrected chi connectivity index (χ2v) is 8.96. The Labute approximate surface area is 205 Å². The number of fused-ring (bicyclic) bond motifs is 1. The summed E-state index contributed by atoms with van der Waals surface area (Å²) in [6, 6.07) is 22.9. The van der Waals surface area contributed by atoms with E-state index in [1.165, 1.54) is 0 Å². The summed E-state index contributed by atoms with van der Waals surface area (Å²) in [5.74, 6) is 0.341. The minimum atomic E-state index is -0.545. The molecule has 3 aromatic carbocycles. The zero-order valence-corrected chi connectivity index (χ0v) is 20.2. The predicted molar refractivity (Wildman–Crippen MR) is 135 cm³/mol. The molecule has 0 bridgehead atoms. The maximum Gasteiger partial charge on any atom is 0.264 e. The van der Waals surface area contributed by atoms with Gasteiger partial charge in [-0.2, -0.15) is 0 Å². The number of nitrogens with one attached hydrogen (secondary N) is 1. The first-order valence-corrected chi connectivity index (χ1v) is 12.0. The molecule has 0 fully saturated rings. The van der Waals surface area contributed by atoms with Crippen molar-refractivity contribution in [3.63, 3.8) is 0 Å². The zero-order valence-electron chi connectivity index (χ0n) is 19.5. The van der Waals surface area contributed by atoms with Gasteiger partial charge in [-0.3, -0.25) is 9.59 Å². The Morgan fingerprint density at radius 1 is 1.09 bits per heavy atom. The van der Waals surface area contributed by atoms with E-state index in [2.05, 4.69) is 5.32 Å². The molecule has 0 aliphatic carbocycles. The molecule has 1 heterocycles. The molecule has 0 saturated carbocycles. The molecule has 3 aromatic rings. The van der Waals surface area contributed by atoms with Crippen molar-refractivity contribution >= 4 is 29.1 Å². The van der Waals surface area contributed by atoms with Crippen LogP contribution in [0, 0.1) is 0 Å². The number of amides is 2. The Balaban J connectivity index is 1.56. The summed E-state index contributed by atoms with van der Waals surface area (Å²) in [6.07, 6.45) is 0.728. The molecule has 0 unspecified atom stereocenters. The number of ether oxygens (including phenoxy) is 1. The van der Waals surface area contributed by atoms with Gasteiger partial charge in [0.25, 0.3) is 5.91 Å². The summed E-state index contributed by atoms with van der Waals surface area (Å²) in [7, 11) is 0. The van der Waals surface area contributed by atoms with Gasteiger partial charge in [0.05, 0.1) is 5.92 Å². The molecule has 0 radical (unpaired) electrons. The minimum absolute atomic E-state index is 0.0469. The monoisotopic (exact) mass is 476 g/mol. The lowest BCUT2D eigenvalue weighted by Gasteiger charge is -2.23. The van der Waals surface area contributed by atoms with Crippen LogP contribution in [0.25, 0.3) is 0 Å². The molecule has 0 spiro atoms. The second kappa shape index (κ2) is 10.7. The van der Waals surface area contributed by atoms with Crippen LogP contribution in [-0.4, -0.2) is 22.8 Å². The van der Waals surface area contributed by atoms with Crippen LogP contribution in [0.15, 0.2) is 72.8 Å². The van der Waals surface area contributed by atoms with Gasteiger partial charge in [-0.05, 0) is 54.3 Å². The first kappa shape index (κ1) is 23.8. The van der Waals surface area contributed by atoms with Crippen molar-refractivity contribution in [2.24, 2.45) is 0 Å². The number of benzene rings is 3. The van der Waals surface area contributed by atoms with Gasteiger partial charge < -0.3 is 15.0 Å². The molecule has 4 rings (SSSR count). The van der Waals surface area contributed by atoms with Crippen molar-refractivity contribution in [1.82, 2.24) is 4.90 Å². The topological polar surface area (TPSA) is 58.6 Å². The summed E-state index contributed by atoms with van der Waals surface area (Å²) in [4.78, 5) is 28.0. The largest absolute Gasteiger partial charge is 0.480 e. The van der Waals surface area contributed by atoms with Crippen LogP contribution >= 0.6 is 11.6 Å². The fraction of sp³-hybridized carbons (Fsp3) is 0.286.